The second-order valence-electron chi connectivity index (χ2n) is 5.95. The Hall–Kier alpha value is -0.980. The number of amides is 1. The highest BCUT2D eigenvalue weighted by atomic mass is 32.1. The van der Waals surface area contributed by atoms with Crippen LogP contribution in [0.25, 0.3) is 0 Å². The lowest BCUT2D eigenvalue weighted by Gasteiger charge is -2.48. The lowest BCUT2D eigenvalue weighted by molar-refractivity contribution is -0.138. The van der Waals surface area contributed by atoms with E-state index in [4.69, 9.17) is 0 Å². The summed E-state index contributed by atoms with van der Waals surface area (Å²) in [7, 11) is 0. The standard InChI is InChI=1S/C15H24N4OS/c1-3-17-4-6-18(7-5-17)13-10-19(11-13)15(20)8-14-9-16-12(2)21-14/h9,13H,3-8,10-11H2,1-2H3. The predicted molar refractivity (Wildman–Crippen MR) is 84.6 cm³/mol. The number of aryl methyl sites for hydroxylation is 1. The van der Waals surface area contributed by atoms with E-state index >= 15 is 0 Å². The van der Waals surface area contributed by atoms with Crippen molar-refractivity contribution in [2.75, 3.05) is 45.8 Å². The first-order valence-corrected chi connectivity index (χ1v) is 8.63. The zero-order valence-corrected chi connectivity index (χ0v) is 13.7. The maximum atomic E-state index is 12.2. The highest BCUT2D eigenvalue weighted by Gasteiger charge is 2.35. The minimum Gasteiger partial charge on any atom is -0.339 e. The van der Waals surface area contributed by atoms with Crippen LogP contribution in [0.15, 0.2) is 6.20 Å². The summed E-state index contributed by atoms with van der Waals surface area (Å²) in [4.78, 5) is 24.5. The maximum Gasteiger partial charge on any atom is 0.227 e. The third-order valence-electron chi connectivity index (χ3n) is 4.58. The van der Waals surface area contributed by atoms with E-state index in [1.807, 2.05) is 18.0 Å². The van der Waals surface area contributed by atoms with Gasteiger partial charge >= 0.3 is 0 Å². The van der Waals surface area contributed by atoms with Gasteiger partial charge in [-0.1, -0.05) is 6.92 Å². The Kier molecular flexibility index (Phi) is 4.57. The summed E-state index contributed by atoms with van der Waals surface area (Å²) in [6.07, 6.45) is 2.35. The van der Waals surface area contributed by atoms with Gasteiger partial charge in [0.25, 0.3) is 0 Å². The fraction of sp³-hybridized carbons (Fsp3) is 0.733. The number of likely N-dealkylation sites (tertiary alicyclic amines) is 1. The van der Waals surface area contributed by atoms with Crippen molar-refractivity contribution in [3.8, 4) is 0 Å². The highest BCUT2D eigenvalue weighted by Crippen LogP contribution is 2.20. The minimum absolute atomic E-state index is 0.252. The molecule has 0 radical (unpaired) electrons. The monoisotopic (exact) mass is 308 g/mol. The number of hydrogen-bond acceptors (Lipinski definition) is 5. The Morgan fingerprint density at radius 3 is 2.62 bits per heavy atom. The maximum absolute atomic E-state index is 12.2. The van der Waals surface area contributed by atoms with Crippen LogP contribution in [-0.2, 0) is 11.2 Å². The molecule has 2 aliphatic rings. The van der Waals surface area contributed by atoms with Crippen molar-refractivity contribution in [1.29, 1.82) is 0 Å². The molecular weight excluding hydrogens is 284 g/mol. The van der Waals surface area contributed by atoms with Crippen molar-refractivity contribution >= 4 is 17.2 Å². The quantitative estimate of drug-likeness (QED) is 0.826. The Morgan fingerprint density at radius 2 is 2.05 bits per heavy atom. The van der Waals surface area contributed by atoms with Gasteiger partial charge in [-0.15, -0.1) is 11.3 Å². The summed E-state index contributed by atoms with van der Waals surface area (Å²) >= 11 is 1.63. The van der Waals surface area contributed by atoms with Gasteiger partial charge in [-0.25, -0.2) is 4.98 Å². The molecule has 0 N–H and O–H groups in total. The minimum atomic E-state index is 0.252. The van der Waals surface area contributed by atoms with Crippen molar-refractivity contribution in [2.24, 2.45) is 0 Å². The Morgan fingerprint density at radius 1 is 1.33 bits per heavy atom. The third-order valence-corrected chi connectivity index (χ3v) is 5.49. The first-order chi connectivity index (χ1) is 10.2. The molecule has 0 saturated carbocycles. The van der Waals surface area contributed by atoms with E-state index < -0.39 is 0 Å². The van der Waals surface area contributed by atoms with Gasteiger partial charge in [0.15, 0.2) is 0 Å². The van der Waals surface area contributed by atoms with E-state index in [0.717, 1.165) is 42.6 Å². The smallest absolute Gasteiger partial charge is 0.227 e. The number of carbonyl (C=O) groups is 1. The Bertz CT molecular complexity index is 490. The molecule has 0 aromatic carbocycles. The van der Waals surface area contributed by atoms with Gasteiger partial charge in [-0.3, -0.25) is 9.69 Å². The summed E-state index contributed by atoms with van der Waals surface area (Å²) in [6.45, 7) is 11.8. The highest BCUT2D eigenvalue weighted by molar-refractivity contribution is 7.11. The van der Waals surface area contributed by atoms with Crippen LogP contribution < -0.4 is 0 Å². The Labute approximate surface area is 130 Å². The lowest BCUT2D eigenvalue weighted by atomic mass is 10.1. The van der Waals surface area contributed by atoms with Crippen molar-refractivity contribution in [3.05, 3.63) is 16.1 Å². The van der Waals surface area contributed by atoms with E-state index in [1.165, 1.54) is 13.1 Å². The van der Waals surface area contributed by atoms with Crippen molar-refractivity contribution < 1.29 is 4.79 Å². The summed E-state index contributed by atoms with van der Waals surface area (Å²) in [6, 6.07) is 0.580. The molecule has 21 heavy (non-hydrogen) atoms. The van der Waals surface area contributed by atoms with Gasteiger partial charge in [-0.2, -0.15) is 0 Å². The van der Waals surface area contributed by atoms with Gasteiger partial charge in [0.2, 0.25) is 5.91 Å². The van der Waals surface area contributed by atoms with Crippen LogP contribution in [0.2, 0.25) is 0 Å². The molecule has 6 heteroatoms. The first kappa shape index (κ1) is 14.9. The van der Waals surface area contributed by atoms with Gasteiger partial charge in [0.05, 0.1) is 11.4 Å². The van der Waals surface area contributed by atoms with Crippen LogP contribution >= 0.6 is 11.3 Å². The molecule has 1 amide bonds. The molecule has 3 rings (SSSR count). The van der Waals surface area contributed by atoms with Crippen LogP contribution in [0, 0.1) is 6.92 Å². The number of hydrogen-bond donors (Lipinski definition) is 0. The van der Waals surface area contributed by atoms with E-state index in [0.29, 0.717) is 12.5 Å². The molecule has 3 heterocycles. The normalized spacial score (nSPS) is 21.5. The van der Waals surface area contributed by atoms with Gasteiger partial charge < -0.3 is 9.80 Å². The van der Waals surface area contributed by atoms with Gasteiger partial charge in [0, 0.05) is 56.4 Å². The lowest BCUT2D eigenvalue weighted by Crippen LogP contribution is -2.64. The molecule has 0 aliphatic carbocycles. The van der Waals surface area contributed by atoms with Crippen LogP contribution in [0.4, 0.5) is 0 Å². The summed E-state index contributed by atoms with van der Waals surface area (Å²) in [5.74, 6) is 0.252. The molecule has 2 fully saturated rings. The number of thiazole rings is 1. The first-order valence-electron chi connectivity index (χ1n) is 7.81. The van der Waals surface area contributed by atoms with Crippen molar-refractivity contribution in [3.63, 3.8) is 0 Å². The SMILES string of the molecule is CCN1CCN(C2CN(C(=O)Cc3cnc(C)s3)C2)CC1. The Balaban J connectivity index is 1.42. The second kappa shape index (κ2) is 6.42. The fourth-order valence-corrected chi connectivity index (χ4v) is 3.87. The van der Waals surface area contributed by atoms with E-state index in [9.17, 15) is 4.79 Å². The van der Waals surface area contributed by atoms with Crippen LogP contribution in [0.5, 0.6) is 0 Å². The third kappa shape index (κ3) is 3.44. The molecule has 0 unspecified atom stereocenters. The number of aromatic nitrogens is 1. The van der Waals surface area contributed by atoms with Crippen LogP contribution in [-0.4, -0.2) is 77.4 Å². The van der Waals surface area contributed by atoms with E-state index in [-0.39, 0.29) is 5.91 Å². The zero-order valence-electron chi connectivity index (χ0n) is 12.9. The molecule has 1 aromatic heterocycles. The molecule has 116 valence electrons. The molecule has 0 bridgehead atoms. The molecule has 0 spiro atoms. The molecule has 0 atom stereocenters. The summed E-state index contributed by atoms with van der Waals surface area (Å²) < 4.78 is 0. The van der Waals surface area contributed by atoms with E-state index in [2.05, 4.69) is 21.7 Å². The second-order valence-corrected chi connectivity index (χ2v) is 7.26. The predicted octanol–water partition coefficient (Wildman–Crippen LogP) is 0.842. The summed E-state index contributed by atoms with van der Waals surface area (Å²) in [5, 5.41) is 1.04. The summed E-state index contributed by atoms with van der Waals surface area (Å²) in [5.41, 5.74) is 0. The van der Waals surface area contributed by atoms with E-state index in [1.54, 1.807) is 11.3 Å². The average molecular weight is 308 g/mol. The van der Waals surface area contributed by atoms with Gasteiger partial charge in [-0.05, 0) is 13.5 Å². The van der Waals surface area contributed by atoms with Crippen molar-refractivity contribution in [2.45, 2.75) is 26.3 Å². The topological polar surface area (TPSA) is 39.7 Å². The van der Waals surface area contributed by atoms with Crippen LogP contribution in [0.1, 0.15) is 16.8 Å². The number of piperazine rings is 1. The molecule has 2 saturated heterocycles. The fourth-order valence-electron chi connectivity index (χ4n) is 3.08. The molecular formula is C15H24N4OS. The number of nitrogens with zero attached hydrogens (tertiary/aromatic N) is 4. The van der Waals surface area contributed by atoms with Crippen LogP contribution in [0.3, 0.4) is 0 Å². The molecule has 5 nitrogen and oxygen atoms in total. The van der Waals surface area contributed by atoms with Crippen molar-refractivity contribution in [1.82, 2.24) is 19.7 Å². The zero-order chi connectivity index (χ0) is 14.8. The number of likely N-dealkylation sites (N-methyl/N-ethyl adjacent to an activating group) is 1. The number of carbonyl (C=O) groups excluding carboxylic acids is 1. The molecule has 1 aromatic rings. The largest absolute Gasteiger partial charge is 0.339 e. The average Bonchev–Trinajstić information content (AvgIpc) is 2.83. The number of rotatable bonds is 4. The molecule has 2 aliphatic heterocycles. The van der Waals surface area contributed by atoms with Gasteiger partial charge in [0.1, 0.15) is 0 Å².